The number of carbonyl (C=O) groups excluding carboxylic acids is 2. The highest BCUT2D eigenvalue weighted by molar-refractivity contribution is 7.12. The Labute approximate surface area is 194 Å². The molecular weight excluding hydrogens is 477 g/mol. The van der Waals surface area contributed by atoms with Gasteiger partial charge in [-0.15, -0.1) is 11.3 Å². The molecule has 0 aliphatic rings. The number of amides is 2. The second-order valence-electron chi connectivity index (χ2n) is 6.75. The van der Waals surface area contributed by atoms with Gasteiger partial charge in [0.25, 0.3) is 11.8 Å². The van der Waals surface area contributed by atoms with E-state index in [1.807, 2.05) is 0 Å². The molecule has 0 radical (unpaired) electrons. The summed E-state index contributed by atoms with van der Waals surface area (Å²) in [6, 6.07) is 14.4. The third-order valence-corrected chi connectivity index (χ3v) is 5.72. The highest BCUT2D eigenvalue weighted by Crippen LogP contribution is 2.31. The first-order chi connectivity index (χ1) is 15.7. The van der Waals surface area contributed by atoms with E-state index >= 15 is 0 Å². The minimum Gasteiger partial charge on any atom is -0.322 e. The van der Waals surface area contributed by atoms with Crippen LogP contribution >= 0.6 is 22.9 Å². The van der Waals surface area contributed by atoms with Gasteiger partial charge in [0.1, 0.15) is 5.69 Å². The molecule has 0 saturated carbocycles. The summed E-state index contributed by atoms with van der Waals surface area (Å²) in [7, 11) is 0. The highest BCUT2D eigenvalue weighted by atomic mass is 35.5. The average Bonchev–Trinajstić information content (AvgIpc) is 3.48. The molecule has 33 heavy (non-hydrogen) atoms. The molecule has 0 atom stereocenters. The maximum atomic E-state index is 13.1. The number of carbonyl (C=O) groups is 2. The molecule has 2 N–H and O–H groups in total. The fourth-order valence-corrected chi connectivity index (χ4v) is 3.75. The molecule has 2 aromatic heterocycles. The van der Waals surface area contributed by atoms with Crippen LogP contribution in [0.1, 0.15) is 25.7 Å². The number of rotatable bonds is 5. The topological polar surface area (TPSA) is 76.0 Å². The van der Waals surface area contributed by atoms with Crippen LogP contribution in [-0.2, 0) is 6.18 Å². The Hall–Kier alpha value is -3.63. The second-order valence-corrected chi connectivity index (χ2v) is 8.11. The zero-order valence-corrected chi connectivity index (χ0v) is 18.1. The van der Waals surface area contributed by atoms with E-state index in [0.717, 1.165) is 16.9 Å². The van der Waals surface area contributed by atoms with Crippen molar-refractivity contribution in [3.8, 4) is 5.69 Å². The van der Waals surface area contributed by atoms with Gasteiger partial charge in [0.2, 0.25) is 0 Å². The number of aromatic nitrogens is 2. The van der Waals surface area contributed by atoms with Crippen LogP contribution in [0.25, 0.3) is 5.69 Å². The molecule has 0 saturated heterocycles. The van der Waals surface area contributed by atoms with Crippen LogP contribution in [-0.4, -0.2) is 21.6 Å². The van der Waals surface area contributed by atoms with Gasteiger partial charge in [0, 0.05) is 11.3 Å². The molecule has 0 fully saturated rings. The van der Waals surface area contributed by atoms with E-state index in [0.29, 0.717) is 10.6 Å². The van der Waals surface area contributed by atoms with Gasteiger partial charge < -0.3 is 10.6 Å². The standard InChI is InChI=1S/C22H14ClF3N4O2S/c23-16-8-3-13(12-17(16)29-21(32)18-2-1-11-33-18)20(31)28-14-4-6-15(7-5-14)30-19(9-10-27-30)22(24,25)26/h1-12H,(H,28,31)(H,29,32). The smallest absolute Gasteiger partial charge is 0.322 e. The summed E-state index contributed by atoms with van der Waals surface area (Å²) >= 11 is 7.41. The summed E-state index contributed by atoms with van der Waals surface area (Å²) in [4.78, 5) is 25.4. The predicted octanol–water partition coefficient (Wildman–Crippen LogP) is 6.11. The van der Waals surface area contributed by atoms with Crippen LogP contribution < -0.4 is 10.6 Å². The Morgan fingerprint density at radius 2 is 1.73 bits per heavy atom. The molecule has 2 amide bonds. The van der Waals surface area contributed by atoms with Crippen LogP contribution in [0.4, 0.5) is 24.5 Å². The van der Waals surface area contributed by atoms with E-state index in [-0.39, 0.29) is 27.9 Å². The van der Waals surface area contributed by atoms with Crippen molar-refractivity contribution in [2.24, 2.45) is 0 Å². The monoisotopic (exact) mass is 490 g/mol. The molecule has 168 valence electrons. The summed E-state index contributed by atoms with van der Waals surface area (Å²) < 4.78 is 40.0. The number of benzene rings is 2. The third-order valence-electron chi connectivity index (χ3n) is 4.52. The van der Waals surface area contributed by atoms with E-state index in [4.69, 9.17) is 11.6 Å². The van der Waals surface area contributed by atoms with E-state index in [2.05, 4.69) is 15.7 Å². The Morgan fingerprint density at radius 1 is 0.970 bits per heavy atom. The lowest BCUT2D eigenvalue weighted by atomic mass is 10.1. The Balaban J connectivity index is 1.49. The molecule has 2 aromatic carbocycles. The summed E-state index contributed by atoms with van der Waals surface area (Å²) in [6.45, 7) is 0. The number of halogens is 4. The van der Waals surface area contributed by atoms with Crippen LogP contribution in [0.3, 0.4) is 0 Å². The lowest BCUT2D eigenvalue weighted by Gasteiger charge is -2.12. The average molecular weight is 491 g/mol. The van der Waals surface area contributed by atoms with Gasteiger partial charge in [-0.2, -0.15) is 18.3 Å². The van der Waals surface area contributed by atoms with Gasteiger partial charge >= 0.3 is 6.18 Å². The van der Waals surface area contributed by atoms with E-state index < -0.39 is 17.8 Å². The lowest BCUT2D eigenvalue weighted by molar-refractivity contribution is -0.142. The molecule has 4 rings (SSSR count). The number of nitrogens with zero attached hydrogens (tertiary/aromatic N) is 2. The minimum atomic E-state index is -4.55. The van der Waals surface area contributed by atoms with Crippen molar-refractivity contribution in [2.75, 3.05) is 10.6 Å². The maximum Gasteiger partial charge on any atom is 0.433 e. The van der Waals surface area contributed by atoms with Crippen molar-refractivity contribution in [1.82, 2.24) is 9.78 Å². The number of alkyl halides is 3. The van der Waals surface area contributed by atoms with Gasteiger partial charge in [-0.25, -0.2) is 4.68 Å². The van der Waals surface area contributed by atoms with Crippen LogP contribution in [0.2, 0.25) is 5.02 Å². The van der Waals surface area contributed by atoms with Crippen molar-refractivity contribution in [3.05, 3.63) is 93.4 Å². The van der Waals surface area contributed by atoms with Gasteiger partial charge in [-0.1, -0.05) is 17.7 Å². The SMILES string of the molecule is O=C(Nc1ccc(-n2nccc2C(F)(F)F)cc1)c1ccc(Cl)c(NC(=O)c2cccs2)c1. The first-order valence-corrected chi connectivity index (χ1v) is 10.7. The van der Waals surface area contributed by atoms with Crippen molar-refractivity contribution in [3.63, 3.8) is 0 Å². The minimum absolute atomic E-state index is 0.190. The summed E-state index contributed by atoms with van der Waals surface area (Å²) in [5, 5.41) is 11.1. The molecule has 0 aliphatic heterocycles. The lowest BCUT2D eigenvalue weighted by Crippen LogP contribution is -2.15. The Kier molecular flexibility index (Phi) is 6.21. The zero-order chi connectivity index (χ0) is 23.6. The molecule has 6 nitrogen and oxygen atoms in total. The molecule has 0 bridgehead atoms. The van der Waals surface area contributed by atoms with E-state index in [9.17, 15) is 22.8 Å². The van der Waals surface area contributed by atoms with Gasteiger partial charge in [0.15, 0.2) is 0 Å². The van der Waals surface area contributed by atoms with Crippen molar-refractivity contribution in [1.29, 1.82) is 0 Å². The number of hydrogen-bond donors (Lipinski definition) is 2. The Morgan fingerprint density at radius 3 is 2.39 bits per heavy atom. The van der Waals surface area contributed by atoms with Crippen LogP contribution in [0.15, 0.2) is 72.2 Å². The molecule has 0 aliphatic carbocycles. The third kappa shape index (κ3) is 5.07. The first-order valence-electron chi connectivity index (χ1n) is 9.40. The van der Waals surface area contributed by atoms with E-state index in [1.165, 1.54) is 53.8 Å². The van der Waals surface area contributed by atoms with Crippen LogP contribution in [0, 0.1) is 0 Å². The molecular formula is C22H14ClF3N4O2S. The van der Waals surface area contributed by atoms with Crippen molar-refractivity contribution in [2.45, 2.75) is 6.18 Å². The first kappa shape index (κ1) is 22.6. The maximum absolute atomic E-state index is 13.1. The molecule has 0 unspecified atom stereocenters. The summed E-state index contributed by atoms with van der Waals surface area (Å²) in [5.41, 5.74) is 0.157. The normalized spacial score (nSPS) is 11.3. The van der Waals surface area contributed by atoms with E-state index in [1.54, 1.807) is 17.5 Å². The highest BCUT2D eigenvalue weighted by Gasteiger charge is 2.35. The molecule has 4 aromatic rings. The fourth-order valence-electron chi connectivity index (χ4n) is 2.97. The van der Waals surface area contributed by atoms with Gasteiger partial charge in [-0.05, 0) is 60.0 Å². The molecule has 0 spiro atoms. The quantitative estimate of drug-likeness (QED) is 0.354. The summed E-state index contributed by atoms with van der Waals surface area (Å²) in [5.74, 6) is -0.835. The largest absolute Gasteiger partial charge is 0.433 e. The number of nitrogens with one attached hydrogen (secondary N) is 2. The summed E-state index contributed by atoms with van der Waals surface area (Å²) in [6.07, 6.45) is -3.48. The fraction of sp³-hybridized carbons (Fsp3) is 0.0455. The van der Waals surface area contributed by atoms with Crippen molar-refractivity contribution < 1.29 is 22.8 Å². The van der Waals surface area contributed by atoms with Gasteiger partial charge in [0.05, 0.1) is 27.5 Å². The predicted molar refractivity (Wildman–Crippen MR) is 120 cm³/mol. The molecule has 11 heteroatoms. The number of thiophene rings is 1. The van der Waals surface area contributed by atoms with Crippen LogP contribution in [0.5, 0.6) is 0 Å². The number of anilines is 2. The second kappa shape index (κ2) is 9.08. The number of hydrogen-bond acceptors (Lipinski definition) is 4. The van der Waals surface area contributed by atoms with Crippen molar-refractivity contribution >= 4 is 46.1 Å². The van der Waals surface area contributed by atoms with Gasteiger partial charge in [-0.3, -0.25) is 9.59 Å². The Bertz CT molecular complexity index is 1300. The molecule has 2 heterocycles. The zero-order valence-electron chi connectivity index (χ0n) is 16.6.